The van der Waals surface area contributed by atoms with Gasteiger partial charge in [0, 0.05) is 51.4 Å². The first-order valence-corrected chi connectivity index (χ1v) is 19.5. The van der Waals surface area contributed by atoms with E-state index in [9.17, 15) is 19.2 Å². The van der Waals surface area contributed by atoms with Crippen molar-refractivity contribution in [3.63, 3.8) is 0 Å². The molecule has 2 unspecified atom stereocenters. The average Bonchev–Trinajstić information content (AvgIpc) is 3.04. The van der Waals surface area contributed by atoms with Crippen LogP contribution < -0.4 is 0 Å². The number of carbonyl (C=O) groups is 4. The predicted molar refractivity (Wildman–Crippen MR) is 178 cm³/mol. The fourth-order valence-electron chi connectivity index (χ4n) is 5.33. The summed E-state index contributed by atoms with van der Waals surface area (Å²) >= 11 is 0. The molecule has 0 radical (unpaired) electrons. The summed E-state index contributed by atoms with van der Waals surface area (Å²) in [6.07, 6.45) is 1.61. The maximum absolute atomic E-state index is 13.0. The van der Waals surface area contributed by atoms with Crippen LogP contribution in [-0.2, 0) is 48.4 Å². The molecule has 0 aliphatic rings. The van der Waals surface area contributed by atoms with Crippen molar-refractivity contribution in [3.8, 4) is 0 Å². The summed E-state index contributed by atoms with van der Waals surface area (Å²) in [4.78, 5) is 51.5. The Morgan fingerprint density at radius 3 is 1.02 bits per heavy atom. The van der Waals surface area contributed by atoms with Crippen LogP contribution in [0.1, 0.15) is 75.1 Å². The van der Waals surface area contributed by atoms with Gasteiger partial charge in [-0.1, -0.05) is 115 Å². The second-order valence-electron chi connectivity index (χ2n) is 11.4. The van der Waals surface area contributed by atoms with Crippen LogP contribution in [0, 0.1) is 11.8 Å². The van der Waals surface area contributed by atoms with Gasteiger partial charge in [0.15, 0.2) is 11.6 Å². The Morgan fingerprint density at radius 1 is 0.556 bits per heavy atom. The van der Waals surface area contributed by atoms with Crippen molar-refractivity contribution >= 4 is 40.3 Å². The van der Waals surface area contributed by atoms with E-state index in [2.05, 4.69) is 0 Å². The van der Waals surface area contributed by atoms with Crippen LogP contribution in [0.15, 0.2) is 60.7 Å². The molecule has 0 spiro atoms. The molecule has 0 bridgehead atoms. The Kier molecular flexibility index (Phi) is 20.2. The zero-order valence-corrected chi connectivity index (χ0v) is 32.8. The summed E-state index contributed by atoms with van der Waals surface area (Å²) < 4.78 is 22.7. The van der Waals surface area contributed by atoms with Gasteiger partial charge in [0.1, 0.15) is 22.6 Å². The van der Waals surface area contributed by atoms with E-state index in [4.69, 9.17) is 17.7 Å². The molecular weight excluding hydrogens is 788 g/mol. The first kappa shape index (κ1) is 43.1. The maximum Gasteiger partial charge on any atom is 2.00 e. The summed E-state index contributed by atoms with van der Waals surface area (Å²) in [6, 6.07) is 19.1. The molecule has 0 saturated heterocycles. The van der Waals surface area contributed by atoms with Gasteiger partial charge in [0.2, 0.25) is 0 Å². The minimum absolute atomic E-state index is 0. The average molecular weight is 840 g/mol. The molecule has 0 heterocycles. The molecule has 0 aliphatic carbocycles. The molecule has 11 heteroatoms. The second-order valence-corrected chi connectivity index (χ2v) is 18.4. The van der Waals surface area contributed by atoms with Crippen molar-refractivity contribution in [2.24, 2.45) is 11.8 Å². The van der Waals surface area contributed by atoms with Gasteiger partial charge >= 0.3 is 38.2 Å². The topological polar surface area (TPSA) is 105 Å². The fraction of sp³-hybridized carbons (Fsp3) is 0.529. The summed E-state index contributed by atoms with van der Waals surface area (Å²) in [6.45, 7) is 11.2. The van der Waals surface area contributed by atoms with Crippen molar-refractivity contribution in [1.29, 1.82) is 0 Å². The Hall–Kier alpha value is -1.92. The third kappa shape index (κ3) is 11.1. The molecule has 45 heavy (non-hydrogen) atoms. The zero-order valence-electron chi connectivity index (χ0n) is 28.5. The smallest absolute Gasteiger partial charge is 0.397 e. The summed E-state index contributed by atoms with van der Waals surface area (Å²) in [5, 5.41) is 0. The first-order valence-electron chi connectivity index (χ1n) is 15.3. The van der Waals surface area contributed by atoms with Gasteiger partial charge in [-0.2, -0.15) is 0 Å². The molecule has 8 nitrogen and oxygen atoms in total. The Bertz CT molecular complexity index is 1090. The third-order valence-corrected chi connectivity index (χ3v) is 15.8. The van der Waals surface area contributed by atoms with Crippen molar-refractivity contribution in [2.75, 3.05) is 28.4 Å². The number of carbonyl (C=O) groups excluding carboxylic acids is 4. The molecule has 0 saturated carbocycles. The van der Waals surface area contributed by atoms with Crippen LogP contribution in [0.4, 0.5) is 0 Å². The predicted octanol–water partition coefficient (Wildman–Crippen LogP) is 7.22. The van der Waals surface area contributed by atoms with Gasteiger partial charge in [0.25, 0.3) is 0 Å². The van der Waals surface area contributed by atoms with Crippen LogP contribution in [0.3, 0.4) is 0 Å². The van der Waals surface area contributed by atoms with Crippen molar-refractivity contribution < 1.29 is 57.9 Å². The van der Waals surface area contributed by atoms with Gasteiger partial charge in [0.05, 0.1) is 0 Å². The summed E-state index contributed by atoms with van der Waals surface area (Å²) in [7, 11) is 0.296. The van der Waals surface area contributed by atoms with Crippen LogP contribution >= 0.6 is 0 Å². The van der Waals surface area contributed by atoms with Crippen LogP contribution in [0.2, 0.25) is 23.2 Å². The molecule has 0 N–H and O–H groups in total. The van der Waals surface area contributed by atoms with E-state index >= 15 is 0 Å². The van der Waals surface area contributed by atoms with E-state index in [-0.39, 0.29) is 56.0 Å². The van der Waals surface area contributed by atoms with Crippen molar-refractivity contribution in [1.82, 2.24) is 0 Å². The normalized spacial score (nSPS) is 12.9. The van der Waals surface area contributed by atoms with E-state index in [1.54, 1.807) is 77.0 Å². The second kappa shape index (κ2) is 21.1. The summed E-state index contributed by atoms with van der Waals surface area (Å²) in [5.41, 5.74) is -0.596. The SMILES string of the molecule is CCC[Si](OC)(OC)C(C(=O)c1ccccc1)C(=O)C(C)C.CCC[Si](OC)(OC)C(C(=O)c1ccccc1)C(=O)C(C)C.[Pt+2]. The largest absolute Gasteiger partial charge is 2.00 e. The number of Topliss-reactive ketones (excluding diaryl/α,β-unsaturated/α-hetero) is 4. The van der Waals surface area contributed by atoms with Gasteiger partial charge in [-0.15, -0.1) is 0 Å². The van der Waals surface area contributed by atoms with E-state index in [1.165, 1.54) is 0 Å². The van der Waals surface area contributed by atoms with Gasteiger partial charge < -0.3 is 17.7 Å². The quantitative estimate of drug-likeness (QED) is 0.0882. The van der Waals surface area contributed by atoms with E-state index in [1.807, 2.05) is 53.7 Å². The molecule has 0 aromatic heterocycles. The third-order valence-electron chi connectivity index (χ3n) is 7.81. The van der Waals surface area contributed by atoms with Gasteiger partial charge in [-0.3, -0.25) is 19.2 Å². The molecule has 0 amide bonds. The molecule has 0 aliphatic heterocycles. The van der Waals surface area contributed by atoms with Crippen LogP contribution in [0.25, 0.3) is 0 Å². The molecule has 252 valence electrons. The molecule has 0 fully saturated rings. The first-order chi connectivity index (χ1) is 20.9. The number of ketones is 4. The van der Waals surface area contributed by atoms with E-state index in [0.717, 1.165) is 12.8 Å². The summed E-state index contributed by atoms with van der Waals surface area (Å²) in [5.74, 6) is -1.07. The monoisotopic (exact) mass is 839 g/mol. The number of benzene rings is 2. The fourth-order valence-corrected chi connectivity index (χ4v) is 12.1. The Labute approximate surface area is 286 Å². The van der Waals surface area contributed by atoms with Gasteiger partial charge in [-0.25, -0.2) is 0 Å². The minimum Gasteiger partial charge on any atom is -0.397 e. The molecule has 2 atom stereocenters. The number of hydrogen-bond donors (Lipinski definition) is 0. The Balaban J connectivity index is 0.000000842. The van der Waals surface area contributed by atoms with Crippen LogP contribution in [0.5, 0.6) is 0 Å². The zero-order chi connectivity index (χ0) is 33.5. The standard InChI is InChI=1S/2C17H26O4Si.Pt/c2*1-6-12-22(20-4,21-5)17(15(18)13(2)3)16(19)14-10-8-7-9-11-14;/h2*7-11,13,17H,6,12H2,1-5H3;/q;;+2. The molecule has 2 aromatic rings. The van der Waals surface area contributed by atoms with Crippen molar-refractivity contribution in [2.45, 2.75) is 77.6 Å². The Morgan fingerprint density at radius 2 is 0.822 bits per heavy atom. The maximum atomic E-state index is 13.0. The minimum atomic E-state index is -2.94. The van der Waals surface area contributed by atoms with Gasteiger partial charge in [-0.05, 0) is 12.1 Å². The van der Waals surface area contributed by atoms with E-state index < -0.39 is 28.2 Å². The van der Waals surface area contributed by atoms with Crippen molar-refractivity contribution in [3.05, 3.63) is 71.8 Å². The molecular formula is C34H52O8PtSi2+2. The number of rotatable bonds is 18. The molecule has 2 aromatic carbocycles. The van der Waals surface area contributed by atoms with Crippen LogP contribution in [-0.4, -0.2) is 68.7 Å². The molecule has 2 rings (SSSR count). The number of hydrogen-bond acceptors (Lipinski definition) is 8. The van der Waals surface area contributed by atoms with E-state index in [0.29, 0.717) is 23.2 Å².